The van der Waals surface area contributed by atoms with Gasteiger partial charge in [-0.1, -0.05) is 42.5 Å². The summed E-state index contributed by atoms with van der Waals surface area (Å²) in [5.74, 6) is 0.671. The highest BCUT2D eigenvalue weighted by atomic mass is 19.4. The van der Waals surface area contributed by atoms with Crippen molar-refractivity contribution in [1.29, 1.82) is 0 Å². The molecule has 0 unspecified atom stereocenters. The molecule has 3 nitrogen and oxygen atoms in total. The molecule has 0 aliphatic rings. The smallest absolute Gasteiger partial charge is 0.422 e. The van der Waals surface area contributed by atoms with Crippen LogP contribution in [-0.2, 0) is 25.7 Å². The number of fused-ring (bicyclic) bond motifs is 1. The molecule has 188 valence electrons. The van der Waals surface area contributed by atoms with Gasteiger partial charge in [0, 0.05) is 11.1 Å². The second-order valence-electron chi connectivity index (χ2n) is 8.56. The van der Waals surface area contributed by atoms with E-state index in [-0.39, 0.29) is 11.6 Å². The maximum absolute atomic E-state index is 15.2. The lowest BCUT2D eigenvalue weighted by molar-refractivity contribution is -0.153. The summed E-state index contributed by atoms with van der Waals surface area (Å²) in [6.45, 7) is 1.21. The molecule has 4 aromatic rings. The predicted octanol–water partition coefficient (Wildman–Crippen LogP) is 7.28. The zero-order valence-electron chi connectivity index (χ0n) is 19.9. The molecule has 0 atom stereocenters. The standard InChI is InChI=1S/C29H27F4NO2/c1-2-35-26-15-12-24(34-18-26)11-4-21-7-16-27-23(17-21)10-9-22(28(27)30)8-3-20-5-13-25(14-6-20)36-19-29(31,32)33/h5-7,9-10,12-18H,2-4,8,11,19H2,1H3. The van der Waals surface area contributed by atoms with E-state index in [2.05, 4.69) is 4.98 Å². The monoisotopic (exact) mass is 497 g/mol. The number of hydrogen-bond acceptors (Lipinski definition) is 3. The fourth-order valence-corrected chi connectivity index (χ4v) is 4.01. The van der Waals surface area contributed by atoms with Crippen molar-refractivity contribution in [2.75, 3.05) is 13.2 Å². The summed E-state index contributed by atoms with van der Waals surface area (Å²) in [4.78, 5) is 4.43. The molecule has 0 radical (unpaired) electrons. The average Bonchev–Trinajstić information content (AvgIpc) is 2.87. The largest absolute Gasteiger partial charge is 0.492 e. The third-order valence-corrected chi connectivity index (χ3v) is 5.89. The summed E-state index contributed by atoms with van der Waals surface area (Å²) in [7, 11) is 0. The van der Waals surface area contributed by atoms with Gasteiger partial charge in [-0.25, -0.2) is 4.39 Å². The van der Waals surface area contributed by atoms with Crippen molar-refractivity contribution in [1.82, 2.24) is 4.98 Å². The van der Waals surface area contributed by atoms with Crippen LogP contribution < -0.4 is 9.47 Å². The first-order valence-corrected chi connectivity index (χ1v) is 11.9. The molecule has 1 heterocycles. The van der Waals surface area contributed by atoms with Crippen LogP contribution in [0, 0.1) is 5.82 Å². The Morgan fingerprint density at radius 1 is 0.750 bits per heavy atom. The first kappa shape index (κ1) is 25.5. The lowest BCUT2D eigenvalue weighted by Crippen LogP contribution is -2.19. The van der Waals surface area contributed by atoms with Gasteiger partial charge in [-0.3, -0.25) is 4.98 Å². The van der Waals surface area contributed by atoms with E-state index in [4.69, 9.17) is 9.47 Å². The van der Waals surface area contributed by atoms with Crippen LogP contribution >= 0.6 is 0 Å². The van der Waals surface area contributed by atoms with Gasteiger partial charge in [0.2, 0.25) is 0 Å². The minimum atomic E-state index is -4.37. The summed E-state index contributed by atoms with van der Waals surface area (Å²) in [5, 5.41) is 1.42. The molecular formula is C29H27F4NO2. The summed E-state index contributed by atoms with van der Waals surface area (Å²) in [6.07, 6.45) is -0.0288. The number of rotatable bonds is 10. The van der Waals surface area contributed by atoms with Gasteiger partial charge in [-0.15, -0.1) is 0 Å². The van der Waals surface area contributed by atoms with Gasteiger partial charge >= 0.3 is 6.18 Å². The number of hydrogen-bond donors (Lipinski definition) is 0. The highest BCUT2D eigenvalue weighted by molar-refractivity contribution is 5.84. The molecular weight excluding hydrogens is 470 g/mol. The fourth-order valence-electron chi connectivity index (χ4n) is 4.01. The van der Waals surface area contributed by atoms with Crippen LogP contribution in [0.2, 0.25) is 0 Å². The van der Waals surface area contributed by atoms with Gasteiger partial charge in [0.15, 0.2) is 6.61 Å². The van der Waals surface area contributed by atoms with E-state index in [0.29, 0.717) is 30.4 Å². The first-order valence-electron chi connectivity index (χ1n) is 11.9. The summed E-state index contributed by atoms with van der Waals surface area (Å²) >= 11 is 0. The van der Waals surface area contributed by atoms with Crippen LogP contribution in [0.3, 0.4) is 0 Å². The number of alkyl halides is 3. The molecule has 0 spiro atoms. The van der Waals surface area contributed by atoms with Gasteiger partial charge in [-0.2, -0.15) is 13.2 Å². The molecule has 0 bridgehead atoms. The van der Waals surface area contributed by atoms with Crippen molar-refractivity contribution < 1.29 is 27.0 Å². The van der Waals surface area contributed by atoms with Crippen molar-refractivity contribution in [3.8, 4) is 11.5 Å². The Kier molecular flexibility index (Phi) is 8.08. The van der Waals surface area contributed by atoms with E-state index in [9.17, 15) is 13.2 Å². The van der Waals surface area contributed by atoms with Gasteiger partial charge in [0.25, 0.3) is 0 Å². The zero-order chi connectivity index (χ0) is 25.5. The lowest BCUT2D eigenvalue weighted by Gasteiger charge is -2.11. The third kappa shape index (κ3) is 6.97. The number of aryl methyl sites for hydroxylation is 4. The Morgan fingerprint density at radius 3 is 2.17 bits per heavy atom. The van der Waals surface area contributed by atoms with Crippen LogP contribution in [0.25, 0.3) is 10.8 Å². The molecule has 0 aliphatic heterocycles. The number of nitrogens with zero attached hydrogens (tertiary/aromatic N) is 1. The molecule has 0 fully saturated rings. The number of ether oxygens (including phenoxy) is 2. The fraction of sp³-hybridized carbons (Fsp3) is 0.276. The highest BCUT2D eigenvalue weighted by Gasteiger charge is 2.28. The van der Waals surface area contributed by atoms with Crippen molar-refractivity contribution in [3.63, 3.8) is 0 Å². The van der Waals surface area contributed by atoms with E-state index in [1.807, 2.05) is 43.3 Å². The molecule has 7 heteroatoms. The second kappa shape index (κ2) is 11.4. The van der Waals surface area contributed by atoms with E-state index in [1.54, 1.807) is 24.4 Å². The molecule has 3 aromatic carbocycles. The Morgan fingerprint density at radius 2 is 1.47 bits per heavy atom. The van der Waals surface area contributed by atoms with Crippen molar-refractivity contribution in [2.45, 2.75) is 38.8 Å². The van der Waals surface area contributed by atoms with Crippen LogP contribution in [0.1, 0.15) is 29.3 Å². The van der Waals surface area contributed by atoms with Crippen LogP contribution in [0.5, 0.6) is 11.5 Å². The van der Waals surface area contributed by atoms with Crippen molar-refractivity contribution >= 4 is 10.8 Å². The normalized spacial score (nSPS) is 11.6. The Bertz CT molecular complexity index is 1290. The quantitative estimate of drug-likeness (QED) is 0.216. The number of aromatic nitrogens is 1. The van der Waals surface area contributed by atoms with Gasteiger partial charge < -0.3 is 9.47 Å². The van der Waals surface area contributed by atoms with Gasteiger partial charge in [0.1, 0.15) is 17.3 Å². The highest BCUT2D eigenvalue weighted by Crippen LogP contribution is 2.25. The zero-order valence-corrected chi connectivity index (χ0v) is 19.9. The maximum atomic E-state index is 15.2. The average molecular weight is 498 g/mol. The summed E-state index contributed by atoms with van der Waals surface area (Å²) in [5.41, 5.74) is 3.58. The topological polar surface area (TPSA) is 31.4 Å². The summed E-state index contributed by atoms with van der Waals surface area (Å²) in [6, 6.07) is 19.8. The Hall–Kier alpha value is -3.61. The Labute approximate surface area is 207 Å². The minimum Gasteiger partial charge on any atom is -0.492 e. The number of pyridine rings is 1. The van der Waals surface area contributed by atoms with Crippen LogP contribution in [0.4, 0.5) is 17.6 Å². The van der Waals surface area contributed by atoms with Crippen LogP contribution in [-0.4, -0.2) is 24.4 Å². The molecule has 4 rings (SSSR count). The first-order chi connectivity index (χ1) is 17.3. The van der Waals surface area contributed by atoms with Crippen molar-refractivity contribution in [2.24, 2.45) is 0 Å². The number of benzene rings is 3. The van der Waals surface area contributed by atoms with E-state index in [1.165, 1.54) is 12.1 Å². The van der Waals surface area contributed by atoms with E-state index in [0.717, 1.165) is 40.8 Å². The molecule has 36 heavy (non-hydrogen) atoms. The minimum absolute atomic E-state index is 0.155. The van der Waals surface area contributed by atoms with E-state index < -0.39 is 12.8 Å². The second-order valence-corrected chi connectivity index (χ2v) is 8.56. The predicted molar refractivity (Wildman–Crippen MR) is 132 cm³/mol. The van der Waals surface area contributed by atoms with Crippen molar-refractivity contribution in [3.05, 3.63) is 101 Å². The molecule has 0 N–H and O–H groups in total. The lowest BCUT2D eigenvalue weighted by atomic mass is 9.98. The van der Waals surface area contributed by atoms with Crippen LogP contribution in [0.15, 0.2) is 72.9 Å². The van der Waals surface area contributed by atoms with Gasteiger partial charge in [0.05, 0.1) is 12.8 Å². The number of halogens is 4. The molecule has 0 amide bonds. The molecule has 0 saturated heterocycles. The molecule has 0 aliphatic carbocycles. The van der Waals surface area contributed by atoms with Gasteiger partial charge in [-0.05, 0) is 78.9 Å². The maximum Gasteiger partial charge on any atom is 0.422 e. The third-order valence-electron chi connectivity index (χ3n) is 5.89. The summed E-state index contributed by atoms with van der Waals surface area (Å²) < 4.78 is 62.2. The molecule has 1 aromatic heterocycles. The Balaban J connectivity index is 1.36. The molecule has 0 saturated carbocycles. The van der Waals surface area contributed by atoms with E-state index >= 15 is 4.39 Å². The SMILES string of the molecule is CCOc1ccc(CCc2ccc3c(F)c(CCc4ccc(OCC(F)(F)F)cc4)ccc3c2)nc1.